The number of nitrogens with zero attached hydrogens (tertiary/aromatic N) is 4. The van der Waals surface area contributed by atoms with Gasteiger partial charge in [-0.25, -0.2) is 13.6 Å². The maximum absolute atomic E-state index is 12.8. The average Bonchev–Trinajstić information content (AvgIpc) is 3.11. The SMILES string of the molecule is C[C@H]1CN(c2cc(Br)cc(Nc3nnc(C(F)F)s3)c2N)CCN1C(=O)OC(C)(C)C. The van der Waals surface area contributed by atoms with Gasteiger partial charge in [0.15, 0.2) is 5.01 Å². The van der Waals surface area contributed by atoms with E-state index in [4.69, 9.17) is 10.5 Å². The molecule has 1 aromatic heterocycles. The van der Waals surface area contributed by atoms with Crippen LogP contribution in [-0.2, 0) is 4.74 Å². The van der Waals surface area contributed by atoms with E-state index in [1.807, 2.05) is 33.8 Å². The fraction of sp³-hybridized carbons (Fsp3) is 0.526. The summed E-state index contributed by atoms with van der Waals surface area (Å²) in [6, 6.07) is 3.55. The molecule has 1 fully saturated rings. The zero-order valence-electron chi connectivity index (χ0n) is 17.7. The highest BCUT2D eigenvalue weighted by Gasteiger charge is 2.32. The third-order valence-electron chi connectivity index (χ3n) is 4.59. The number of carbonyl (C=O) groups is 1. The normalized spacial score (nSPS) is 17.2. The summed E-state index contributed by atoms with van der Waals surface area (Å²) in [7, 11) is 0. The third-order valence-corrected chi connectivity index (χ3v) is 5.89. The minimum absolute atomic E-state index is 0.0878. The van der Waals surface area contributed by atoms with E-state index in [9.17, 15) is 13.6 Å². The Kier molecular flexibility index (Phi) is 6.89. The molecule has 0 saturated carbocycles. The quantitative estimate of drug-likeness (QED) is 0.549. The van der Waals surface area contributed by atoms with Gasteiger partial charge in [-0.3, -0.25) is 0 Å². The van der Waals surface area contributed by atoms with Gasteiger partial charge >= 0.3 is 6.09 Å². The number of alkyl halides is 2. The zero-order valence-corrected chi connectivity index (χ0v) is 20.1. The van der Waals surface area contributed by atoms with Crippen molar-refractivity contribution in [1.82, 2.24) is 15.1 Å². The minimum Gasteiger partial charge on any atom is -0.444 e. The van der Waals surface area contributed by atoms with Crippen molar-refractivity contribution in [1.29, 1.82) is 0 Å². The number of hydrogen-bond donors (Lipinski definition) is 2. The number of aromatic nitrogens is 2. The molecule has 12 heteroatoms. The molecule has 1 aliphatic heterocycles. The van der Waals surface area contributed by atoms with Gasteiger partial charge in [0.2, 0.25) is 5.13 Å². The third kappa shape index (κ3) is 5.73. The lowest BCUT2D eigenvalue weighted by Gasteiger charge is -2.41. The van der Waals surface area contributed by atoms with E-state index in [0.717, 1.165) is 21.5 Å². The molecule has 3 rings (SSSR count). The Morgan fingerprint density at radius 1 is 1.35 bits per heavy atom. The molecule has 0 spiro atoms. The molecule has 1 aliphatic rings. The van der Waals surface area contributed by atoms with Crippen molar-refractivity contribution in [3.63, 3.8) is 0 Å². The number of anilines is 4. The molecule has 0 radical (unpaired) electrons. The van der Waals surface area contributed by atoms with E-state index < -0.39 is 12.0 Å². The fourth-order valence-electron chi connectivity index (χ4n) is 3.23. The Bertz CT molecular complexity index is 952. The molecule has 0 aliphatic carbocycles. The van der Waals surface area contributed by atoms with Crippen molar-refractivity contribution in [2.24, 2.45) is 0 Å². The lowest BCUT2D eigenvalue weighted by Crippen LogP contribution is -2.55. The number of nitrogens with two attached hydrogens (primary N) is 1. The molecule has 0 bridgehead atoms. The van der Waals surface area contributed by atoms with Gasteiger partial charge in [-0.2, -0.15) is 0 Å². The minimum atomic E-state index is -2.67. The first kappa shape index (κ1) is 23.5. The lowest BCUT2D eigenvalue weighted by molar-refractivity contribution is 0.0159. The zero-order chi connectivity index (χ0) is 22.9. The van der Waals surface area contributed by atoms with Crippen molar-refractivity contribution < 1.29 is 18.3 Å². The van der Waals surface area contributed by atoms with Crippen molar-refractivity contribution in [2.75, 3.05) is 35.6 Å². The van der Waals surface area contributed by atoms with Crippen LogP contribution >= 0.6 is 27.3 Å². The van der Waals surface area contributed by atoms with Crippen molar-refractivity contribution in [3.05, 3.63) is 21.6 Å². The van der Waals surface area contributed by atoms with E-state index in [-0.39, 0.29) is 22.3 Å². The molecule has 1 aromatic carbocycles. The van der Waals surface area contributed by atoms with Crippen LogP contribution in [0.15, 0.2) is 16.6 Å². The number of carbonyl (C=O) groups excluding carboxylic acids is 1. The lowest BCUT2D eigenvalue weighted by atomic mass is 10.1. The van der Waals surface area contributed by atoms with Crippen LogP contribution in [0, 0.1) is 0 Å². The summed E-state index contributed by atoms with van der Waals surface area (Å²) in [5.41, 5.74) is 7.60. The Morgan fingerprint density at radius 2 is 2.06 bits per heavy atom. The Hall–Kier alpha value is -2.21. The maximum atomic E-state index is 12.8. The molecule has 8 nitrogen and oxygen atoms in total. The summed E-state index contributed by atoms with van der Waals surface area (Å²) in [6.07, 6.45) is -3.01. The Labute approximate surface area is 191 Å². The summed E-state index contributed by atoms with van der Waals surface area (Å²) in [5, 5.41) is 10.1. The summed E-state index contributed by atoms with van der Waals surface area (Å²) in [6.45, 7) is 9.08. The molecule has 170 valence electrons. The van der Waals surface area contributed by atoms with E-state index in [1.54, 1.807) is 11.0 Å². The number of benzene rings is 1. The van der Waals surface area contributed by atoms with Gasteiger partial charge in [0.05, 0.1) is 17.1 Å². The molecule has 2 aromatic rings. The molecular formula is C19H25BrF2N6O2S. The van der Waals surface area contributed by atoms with Crippen LogP contribution in [-0.4, -0.2) is 52.5 Å². The number of nitrogens with one attached hydrogen (secondary N) is 1. The summed E-state index contributed by atoms with van der Waals surface area (Å²) >= 11 is 4.25. The number of hydrogen-bond acceptors (Lipinski definition) is 8. The van der Waals surface area contributed by atoms with Gasteiger partial charge in [0.1, 0.15) is 5.60 Å². The van der Waals surface area contributed by atoms with E-state index in [2.05, 4.69) is 36.3 Å². The van der Waals surface area contributed by atoms with Crippen LogP contribution in [0.25, 0.3) is 0 Å². The van der Waals surface area contributed by atoms with Gasteiger partial charge in [-0.15, -0.1) is 10.2 Å². The first-order valence-electron chi connectivity index (χ1n) is 9.66. The van der Waals surface area contributed by atoms with Crippen LogP contribution in [0.4, 0.5) is 35.8 Å². The van der Waals surface area contributed by atoms with E-state index in [0.29, 0.717) is 31.0 Å². The van der Waals surface area contributed by atoms with Gasteiger partial charge < -0.3 is 25.6 Å². The first-order valence-corrected chi connectivity index (χ1v) is 11.3. The maximum Gasteiger partial charge on any atom is 0.410 e. The van der Waals surface area contributed by atoms with Gasteiger partial charge in [-0.05, 0) is 39.8 Å². The largest absolute Gasteiger partial charge is 0.444 e. The van der Waals surface area contributed by atoms with E-state index in [1.165, 1.54) is 0 Å². The standard InChI is InChI=1S/C19H25BrF2N6O2S/c1-10-9-27(5-6-28(10)18(29)30-19(2,3)4)13-8-11(20)7-12(14(13)23)24-17-26-25-16(31-17)15(21)22/h7-8,10,15H,5-6,9,23H2,1-4H3,(H,24,26)/t10-/m0/s1. The Morgan fingerprint density at radius 3 is 2.65 bits per heavy atom. The highest BCUT2D eigenvalue weighted by atomic mass is 79.9. The van der Waals surface area contributed by atoms with Gasteiger partial charge in [0.25, 0.3) is 6.43 Å². The topological polar surface area (TPSA) is 96.6 Å². The number of rotatable bonds is 4. The molecular weight excluding hydrogens is 494 g/mol. The molecule has 0 unspecified atom stereocenters. The second kappa shape index (κ2) is 9.11. The van der Waals surface area contributed by atoms with Crippen LogP contribution in [0.3, 0.4) is 0 Å². The smallest absolute Gasteiger partial charge is 0.410 e. The van der Waals surface area contributed by atoms with Crippen molar-refractivity contribution in [3.8, 4) is 0 Å². The van der Waals surface area contributed by atoms with Crippen LogP contribution < -0.4 is 16.0 Å². The second-order valence-corrected chi connectivity index (χ2v) is 10.2. The monoisotopic (exact) mass is 518 g/mol. The van der Waals surface area contributed by atoms with E-state index >= 15 is 0 Å². The summed E-state index contributed by atoms with van der Waals surface area (Å²) in [5.74, 6) is 0. The van der Waals surface area contributed by atoms with Crippen molar-refractivity contribution in [2.45, 2.75) is 45.8 Å². The average molecular weight is 519 g/mol. The fourth-order valence-corrected chi connectivity index (χ4v) is 4.28. The summed E-state index contributed by atoms with van der Waals surface area (Å²) in [4.78, 5) is 16.3. The van der Waals surface area contributed by atoms with Gasteiger partial charge in [-0.1, -0.05) is 27.3 Å². The van der Waals surface area contributed by atoms with Crippen LogP contribution in [0.2, 0.25) is 0 Å². The Balaban J connectivity index is 1.76. The molecule has 1 saturated heterocycles. The number of halogens is 3. The summed E-state index contributed by atoms with van der Waals surface area (Å²) < 4.78 is 31.8. The van der Waals surface area contributed by atoms with Crippen LogP contribution in [0.1, 0.15) is 39.1 Å². The second-order valence-electron chi connectivity index (χ2n) is 8.23. The first-order chi connectivity index (χ1) is 14.4. The number of nitrogen functional groups attached to an aromatic ring is 1. The highest BCUT2D eigenvalue weighted by Crippen LogP contribution is 2.38. The number of amides is 1. The molecule has 31 heavy (non-hydrogen) atoms. The van der Waals surface area contributed by atoms with Crippen LogP contribution in [0.5, 0.6) is 0 Å². The number of piperazine rings is 1. The predicted octanol–water partition coefficient (Wildman–Crippen LogP) is 5.01. The molecule has 3 N–H and O–H groups in total. The molecule has 1 amide bonds. The van der Waals surface area contributed by atoms with Crippen molar-refractivity contribution >= 4 is 55.6 Å². The number of ether oxygens (including phenoxy) is 1. The van der Waals surface area contributed by atoms with Gasteiger partial charge in [0, 0.05) is 30.1 Å². The highest BCUT2D eigenvalue weighted by molar-refractivity contribution is 9.10. The predicted molar refractivity (Wildman–Crippen MR) is 121 cm³/mol. The molecule has 2 heterocycles. The molecule has 1 atom stereocenters.